The molecule has 0 unspecified atom stereocenters. The van der Waals surface area contributed by atoms with Crippen LogP contribution in [-0.2, 0) is 28.8 Å². The Bertz CT molecular complexity index is 1940. The minimum atomic E-state index is 0. The SMILES string of the molecule is CC(C)(C)c1ccc(-c2cccc3[cH-]c(C4CCCCC4)cc23)cc1.C[Si](C)=[Zr+2].Cc1cc2c(-c3ccc(C(C)C)cc3)cccc2[cH-]1.[Cl-].[Cl-]. The first kappa shape index (κ1) is 42.2. The molecule has 6 aromatic carbocycles. The Morgan fingerprint density at radius 2 is 1.16 bits per heavy atom. The third-order valence-corrected chi connectivity index (χ3v) is 9.69. The van der Waals surface area contributed by atoms with Crippen LogP contribution in [0.2, 0.25) is 13.1 Å². The van der Waals surface area contributed by atoms with Gasteiger partial charge in [-0.25, -0.2) is 0 Å². The van der Waals surface area contributed by atoms with Crippen molar-refractivity contribution in [2.45, 2.75) is 104 Å². The summed E-state index contributed by atoms with van der Waals surface area (Å²) in [7, 11) is 0. The van der Waals surface area contributed by atoms with Gasteiger partial charge < -0.3 is 24.8 Å². The molecular weight excluding hydrogens is 743 g/mol. The predicted molar refractivity (Wildman–Crippen MR) is 211 cm³/mol. The second-order valence-electron chi connectivity index (χ2n) is 15.4. The number of benzene rings is 4. The van der Waals surface area contributed by atoms with Crippen LogP contribution in [0.5, 0.6) is 0 Å². The summed E-state index contributed by atoms with van der Waals surface area (Å²) in [5.74, 6) is 1.36. The minimum Gasteiger partial charge on any atom is -1.00 e. The van der Waals surface area contributed by atoms with E-state index in [1.54, 1.807) is 28.9 Å². The maximum atomic E-state index is 2.47. The molecule has 4 heteroatoms. The molecule has 0 atom stereocenters. The quantitative estimate of drug-likeness (QED) is 0.125. The Morgan fingerprint density at radius 1 is 0.680 bits per heavy atom. The molecular formula is C46H54Cl2SiZr-2. The van der Waals surface area contributed by atoms with Crippen LogP contribution in [0.25, 0.3) is 43.8 Å². The summed E-state index contributed by atoms with van der Waals surface area (Å²) in [6.45, 7) is 18.1. The smallest absolute Gasteiger partial charge is 0.0219 e. The average molecular weight is 797 g/mol. The molecule has 0 aliphatic heterocycles. The van der Waals surface area contributed by atoms with Crippen molar-refractivity contribution in [3.05, 3.63) is 131 Å². The summed E-state index contributed by atoms with van der Waals surface area (Å²) in [4.78, 5) is 0. The molecule has 1 fully saturated rings. The van der Waals surface area contributed by atoms with Gasteiger partial charge in [0.15, 0.2) is 0 Å². The third-order valence-electron chi connectivity index (χ3n) is 9.69. The summed E-state index contributed by atoms with van der Waals surface area (Å²) < 4.78 is 0. The first-order chi connectivity index (χ1) is 22.9. The maximum Gasteiger partial charge on any atom is -0.0219 e. The topological polar surface area (TPSA) is 0 Å². The predicted octanol–water partition coefficient (Wildman–Crippen LogP) is 8.02. The molecule has 1 aliphatic rings. The molecule has 0 spiro atoms. The van der Waals surface area contributed by atoms with Gasteiger partial charge in [0.1, 0.15) is 0 Å². The summed E-state index contributed by atoms with van der Waals surface area (Å²) in [5, 5.41) is 5.52. The van der Waals surface area contributed by atoms with Crippen molar-refractivity contribution in [3.8, 4) is 22.3 Å². The minimum absolute atomic E-state index is 0. The normalized spacial score (nSPS) is 13.1. The van der Waals surface area contributed by atoms with Crippen molar-refractivity contribution >= 4 is 27.0 Å². The molecule has 0 N–H and O–H groups in total. The zero-order valence-corrected chi connectivity index (χ0v) is 36.3. The van der Waals surface area contributed by atoms with Gasteiger partial charge in [-0.05, 0) is 52.3 Å². The molecule has 262 valence electrons. The van der Waals surface area contributed by atoms with Gasteiger partial charge in [0, 0.05) is 0 Å². The summed E-state index contributed by atoms with van der Waals surface area (Å²) in [6, 6.07) is 40.9. The van der Waals surface area contributed by atoms with Crippen LogP contribution in [0, 0.1) is 6.92 Å². The van der Waals surface area contributed by atoms with Crippen LogP contribution >= 0.6 is 0 Å². The van der Waals surface area contributed by atoms with E-state index in [9.17, 15) is 0 Å². The molecule has 0 aromatic heterocycles. The van der Waals surface area contributed by atoms with Crippen LogP contribution in [0.3, 0.4) is 0 Å². The number of rotatable bonds is 4. The first-order valence-electron chi connectivity index (χ1n) is 18.0. The summed E-state index contributed by atoms with van der Waals surface area (Å²) in [5.41, 5.74) is 11.5. The van der Waals surface area contributed by atoms with E-state index in [1.807, 2.05) is 0 Å². The summed E-state index contributed by atoms with van der Waals surface area (Å²) >= 11 is 1.74. The molecule has 50 heavy (non-hydrogen) atoms. The van der Waals surface area contributed by atoms with Crippen LogP contribution in [0.15, 0.2) is 109 Å². The monoisotopic (exact) mass is 794 g/mol. The summed E-state index contributed by atoms with van der Waals surface area (Å²) in [6.07, 6.45) is 6.95. The van der Waals surface area contributed by atoms with E-state index in [0.29, 0.717) is 5.92 Å². The second kappa shape index (κ2) is 19.0. The van der Waals surface area contributed by atoms with E-state index in [1.165, 1.54) is 92.6 Å². The van der Waals surface area contributed by atoms with E-state index >= 15 is 0 Å². The van der Waals surface area contributed by atoms with Gasteiger partial charge in [-0.3, -0.25) is 0 Å². The molecule has 1 saturated carbocycles. The fourth-order valence-corrected chi connectivity index (χ4v) is 7.01. The van der Waals surface area contributed by atoms with E-state index in [-0.39, 0.29) is 35.7 Å². The molecule has 0 amide bonds. The van der Waals surface area contributed by atoms with Crippen molar-refractivity contribution in [2.24, 2.45) is 0 Å². The van der Waals surface area contributed by atoms with Gasteiger partial charge in [0.05, 0.1) is 0 Å². The Morgan fingerprint density at radius 3 is 1.66 bits per heavy atom. The number of halogens is 2. The van der Waals surface area contributed by atoms with Crippen LogP contribution < -0.4 is 24.8 Å². The van der Waals surface area contributed by atoms with Gasteiger partial charge in [0.2, 0.25) is 0 Å². The first-order valence-corrected chi connectivity index (χ1v) is 24.2. The zero-order chi connectivity index (χ0) is 34.4. The number of aryl methyl sites for hydroxylation is 1. The van der Waals surface area contributed by atoms with Crippen LogP contribution in [0.1, 0.15) is 101 Å². The van der Waals surface area contributed by atoms with Crippen molar-refractivity contribution in [2.75, 3.05) is 0 Å². The third kappa shape index (κ3) is 10.9. The average Bonchev–Trinajstić information content (AvgIpc) is 3.68. The van der Waals surface area contributed by atoms with E-state index in [0.717, 1.165) is 5.92 Å². The van der Waals surface area contributed by atoms with E-state index < -0.39 is 0 Å². The molecule has 0 nitrogen and oxygen atoms in total. The molecule has 7 rings (SSSR count). The molecule has 0 saturated heterocycles. The van der Waals surface area contributed by atoms with E-state index in [4.69, 9.17) is 0 Å². The van der Waals surface area contributed by atoms with E-state index in [2.05, 4.69) is 164 Å². The van der Waals surface area contributed by atoms with Crippen molar-refractivity contribution in [1.82, 2.24) is 0 Å². The van der Waals surface area contributed by atoms with Gasteiger partial charge in [-0.15, -0.1) is 69.1 Å². The molecule has 6 aromatic rings. The number of fused-ring (bicyclic) bond motifs is 2. The fraction of sp³-hybridized carbons (Fsp3) is 0.348. The fourth-order valence-electron chi connectivity index (χ4n) is 7.01. The number of hydrogen-bond acceptors (Lipinski definition) is 0. The Hall–Kier alpha value is -2.22. The van der Waals surface area contributed by atoms with Crippen LogP contribution in [0.4, 0.5) is 0 Å². The van der Waals surface area contributed by atoms with Gasteiger partial charge in [-0.2, -0.15) is 12.1 Å². The van der Waals surface area contributed by atoms with Gasteiger partial charge >= 0.3 is 41.9 Å². The van der Waals surface area contributed by atoms with Crippen LogP contribution in [-0.4, -0.2) is 5.43 Å². The standard InChI is InChI=1S/C25H29.C19H19.C2H6Si.2ClH.Zr/c1-25(2,3)22-14-12-19(13-15-22)23-11-7-10-20-16-21(17-24(20)23)18-8-5-4-6-9-18;1-13(2)15-7-9-16(10-8-15)18-6-4-5-17-11-14(3)12-19(17)18;1-3-2;;;/h7,10-18H,4-6,8-9H2,1-3H3;4-13H,1-3H3;1-2H3;2*1H;/q2*-1;;;;+2/p-2. The maximum absolute atomic E-state index is 2.47. The molecule has 0 bridgehead atoms. The van der Waals surface area contributed by atoms with Gasteiger partial charge in [0.25, 0.3) is 0 Å². The zero-order valence-electron chi connectivity index (χ0n) is 31.3. The van der Waals surface area contributed by atoms with Crippen molar-refractivity contribution in [3.63, 3.8) is 0 Å². The molecule has 1 aliphatic carbocycles. The molecule has 0 radical (unpaired) electrons. The largest absolute Gasteiger partial charge is 1.00 e. The Balaban J connectivity index is 0.000000242. The number of hydrogen-bond donors (Lipinski definition) is 0. The second-order valence-corrected chi connectivity index (χ2v) is 24.8. The van der Waals surface area contributed by atoms with Crippen molar-refractivity contribution in [1.29, 1.82) is 0 Å². The Kier molecular flexibility index (Phi) is 16.1. The van der Waals surface area contributed by atoms with Crippen molar-refractivity contribution < 1.29 is 48.1 Å². The van der Waals surface area contributed by atoms with Gasteiger partial charge in [-0.1, -0.05) is 133 Å². The Labute approximate surface area is 330 Å². The molecule has 0 heterocycles.